The predicted octanol–water partition coefficient (Wildman–Crippen LogP) is 9.38. The van der Waals surface area contributed by atoms with E-state index < -0.39 is 20.3 Å². The Balaban J connectivity index is 0.000000166. The van der Waals surface area contributed by atoms with Crippen molar-refractivity contribution in [3.05, 3.63) is 209 Å². The van der Waals surface area contributed by atoms with Gasteiger partial charge in [-0.1, -0.05) is 121 Å². The second-order valence-electron chi connectivity index (χ2n) is 20.2. The number of hydrogen-bond acceptors (Lipinski definition) is 22. The number of nitrogens with zero attached hydrogens (tertiary/aromatic N) is 10. The zero-order valence-corrected chi connectivity index (χ0v) is 54.1. The summed E-state index contributed by atoms with van der Waals surface area (Å²) < 4.78 is 34.3. The molecule has 6 N–H and O–H groups in total. The van der Waals surface area contributed by atoms with Crippen molar-refractivity contribution in [2.75, 3.05) is 29.5 Å². The van der Waals surface area contributed by atoms with Gasteiger partial charge in [-0.15, -0.1) is 0 Å². The van der Waals surface area contributed by atoms with Crippen LogP contribution in [-0.2, 0) is 54.0 Å². The minimum Gasteiger partial charge on any atom is -0.422 e. The van der Waals surface area contributed by atoms with E-state index in [0.717, 1.165) is 62.8 Å². The number of nitrogens with two attached hydrogens (primary N) is 1. The molecule has 460 valence electrons. The molecule has 29 heteroatoms. The van der Waals surface area contributed by atoms with Gasteiger partial charge >= 0.3 is 35.2 Å². The minimum absolute atomic E-state index is 0. The Morgan fingerprint density at radius 2 is 0.978 bits per heavy atom. The number of nitrogen functional groups attached to an aromatic ring is 1. The van der Waals surface area contributed by atoms with Gasteiger partial charge in [-0.05, 0) is 113 Å². The molecule has 0 aliphatic carbocycles. The third-order valence-corrected chi connectivity index (χ3v) is 14.6. The summed E-state index contributed by atoms with van der Waals surface area (Å²) in [6.07, 6.45) is 0. The molecule has 6 aromatic carbocycles. The largest absolute Gasteiger partial charge is 1.00 e. The van der Waals surface area contributed by atoms with Crippen LogP contribution in [0.25, 0.3) is 66.5 Å². The Bertz CT molecular complexity index is 4590. The number of aromatic amines is 1. The standard InChI is InChI=1S/C21H21N5O3.C21H23N5O.C19H16N4O4.Na.HO4S2/c1-4-22-21-23-20-17(25(21)12-15-8-6-5-7-9-15)10-16(11-18(20)26(27)28)19-13(2)24-29-14(19)3;1-4-23-21-24-20-17(22)10-16(19-13(2)25-27-14(19)3)11-18(20)26(21)12-15-8-6-5-7-9-15;1-11-17(12(2)27-21-11)14-8-15-18(16(9-14)23(25)26)20-19(24)22(15)10-13-6-4-3-5-7-13;;1-3-4-6(2)5/h5-11H,4,12H2,1-3H3,(H,22,23);5-11H,4,12,22H2,1-3H3,(H,23,24);3-9H,10H2,1-2H3,(H,20,24);;1H/q;;;+1;-1. The third-order valence-electron chi connectivity index (χ3n) is 14.2. The van der Waals surface area contributed by atoms with Crippen LogP contribution in [0.1, 0.15) is 64.9 Å². The van der Waals surface area contributed by atoms with Crippen molar-refractivity contribution in [1.29, 1.82) is 0 Å². The summed E-state index contributed by atoms with van der Waals surface area (Å²) in [5.74, 6) is 3.39. The Labute approximate surface area is 542 Å². The number of imidazole rings is 3. The Morgan fingerprint density at radius 1 is 0.600 bits per heavy atom. The van der Waals surface area contributed by atoms with Crippen LogP contribution in [0.2, 0.25) is 0 Å². The van der Waals surface area contributed by atoms with Crippen molar-refractivity contribution in [3.8, 4) is 33.4 Å². The second-order valence-corrected chi connectivity index (χ2v) is 21.6. The molecule has 12 aromatic rings. The topological polar surface area (TPSA) is 344 Å². The number of nitro groups is 2. The fourth-order valence-corrected chi connectivity index (χ4v) is 10.6. The van der Waals surface area contributed by atoms with E-state index in [4.69, 9.17) is 29.5 Å². The molecule has 0 fully saturated rings. The van der Waals surface area contributed by atoms with Gasteiger partial charge in [-0.3, -0.25) is 34.1 Å². The Morgan fingerprint density at radius 3 is 1.34 bits per heavy atom. The molecule has 90 heavy (non-hydrogen) atoms. The zero-order chi connectivity index (χ0) is 63.6. The average Bonchev–Trinajstić information content (AvgIpc) is 1.70. The van der Waals surface area contributed by atoms with Crippen LogP contribution in [0.4, 0.5) is 29.0 Å². The smallest absolute Gasteiger partial charge is 0.422 e. The molecule has 6 heterocycles. The molecule has 0 bridgehead atoms. The first-order valence-electron chi connectivity index (χ1n) is 27.7. The number of fused-ring (bicyclic) bond motifs is 3. The van der Waals surface area contributed by atoms with Gasteiger partial charge < -0.3 is 43.3 Å². The van der Waals surface area contributed by atoms with Crippen LogP contribution >= 0.6 is 0 Å². The van der Waals surface area contributed by atoms with Crippen LogP contribution in [-0.4, -0.2) is 72.3 Å². The number of non-ortho nitro benzene ring substituents is 2. The van der Waals surface area contributed by atoms with Crippen molar-refractivity contribution < 1.29 is 71.8 Å². The Kier molecular flexibility index (Phi) is 22.0. The van der Waals surface area contributed by atoms with Gasteiger partial charge in [0.25, 0.3) is 11.4 Å². The number of aromatic nitrogens is 9. The van der Waals surface area contributed by atoms with Crippen molar-refractivity contribution in [2.24, 2.45) is 0 Å². The predicted molar refractivity (Wildman–Crippen MR) is 340 cm³/mol. The average molecular weight is 1270 g/mol. The number of aryl methyl sites for hydroxylation is 6. The molecule has 0 unspecified atom stereocenters. The normalized spacial score (nSPS) is 11.0. The molecular weight excluding hydrogens is 1210 g/mol. The van der Waals surface area contributed by atoms with E-state index >= 15 is 0 Å². The van der Waals surface area contributed by atoms with Crippen LogP contribution in [0.15, 0.2) is 146 Å². The molecule has 12 rings (SSSR count). The molecule has 0 atom stereocenters. The van der Waals surface area contributed by atoms with E-state index in [0.29, 0.717) is 94.0 Å². The molecule has 26 nitrogen and oxygen atoms in total. The third kappa shape index (κ3) is 14.8. The van der Waals surface area contributed by atoms with Gasteiger partial charge in [0, 0.05) is 41.9 Å². The minimum atomic E-state index is -1.95. The summed E-state index contributed by atoms with van der Waals surface area (Å²) in [6.45, 7) is 18.0. The van der Waals surface area contributed by atoms with E-state index in [-0.39, 0.29) is 51.4 Å². The van der Waals surface area contributed by atoms with Crippen LogP contribution in [0.3, 0.4) is 0 Å². The number of rotatable bonds is 17. The van der Waals surface area contributed by atoms with Gasteiger partial charge in [0.15, 0.2) is 5.52 Å². The summed E-state index contributed by atoms with van der Waals surface area (Å²) >= 11 is 3.84. The van der Waals surface area contributed by atoms with E-state index in [1.165, 1.54) is 16.2 Å². The number of hydrogen-bond donors (Lipinski definition) is 5. The van der Waals surface area contributed by atoms with Crippen LogP contribution in [0.5, 0.6) is 0 Å². The summed E-state index contributed by atoms with van der Waals surface area (Å²) in [6, 6.07) is 40.5. The molecule has 0 spiro atoms. The van der Waals surface area contributed by atoms with E-state index in [1.54, 1.807) is 32.9 Å². The summed E-state index contributed by atoms with van der Waals surface area (Å²) in [5.41, 5.74) is 20.1. The van der Waals surface area contributed by atoms with Crippen molar-refractivity contribution in [2.45, 2.75) is 75.0 Å². The number of nitro benzene ring substituents is 2. The maximum atomic E-state index is 12.5. The van der Waals surface area contributed by atoms with Crippen LogP contribution in [0, 0.1) is 61.8 Å². The maximum absolute atomic E-state index is 12.5. The SMILES string of the molecule is CCNc1nc2c(N)cc(-c3c(C)noc3C)cc2n1Cc1ccccc1.CCNc1nc2c([N+](=O)[O-])cc(-c3c(C)noc3C)cc2n1Cc1ccccc1.Cc1noc(C)c1-c1cc([N+](=O)[O-])c2[nH]c(=O)n(Cc3ccccc3)c2c1.O=[S-](=S)OOO.[Na+]. The van der Waals surface area contributed by atoms with E-state index in [1.807, 2.05) is 123 Å². The Hall–Kier alpha value is -9.39. The molecular formula is C61H61N14NaO12S2. The second kappa shape index (κ2) is 29.7. The fraction of sp³-hybridized carbons (Fsp3) is 0.213. The monoisotopic (exact) mass is 1270 g/mol. The first kappa shape index (κ1) is 66.6. The fourth-order valence-electron chi connectivity index (χ4n) is 10.5. The quantitative estimate of drug-likeness (QED) is 0.0141. The van der Waals surface area contributed by atoms with E-state index in [2.05, 4.69) is 86.3 Å². The van der Waals surface area contributed by atoms with Crippen molar-refractivity contribution in [3.63, 3.8) is 0 Å². The van der Waals surface area contributed by atoms with Gasteiger partial charge in [-0.25, -0.2) is 31.2 Å². The van der Waals surface area contributed by atoms with Gasteiger partial charge in [0.05, 0.1) is 68.8 Å². The molecule has 0 amide bonds. The number of nitrogens with one attached hydrogen (secondary N) is 3. The number of benzene rings is 6. The number of H-pyrrole nitrogens is 1. The molecule has 6 aromatic heterocycles. The van der Waals surface area contributed by atoms with E-state index in [9.17, 15) is 29.2 Å². The summed E-state index contributed by atoms with van der Waals surface area (Å²) in [7, 11) is -1.95. The molecule has 0 aliphatic rings. The van der Waals surface area contributed by atoms with Crippen LogP contribution < -0.4 is 51.6 Å². The van der Waals surface area contributed by atoms with Gasteiger partial charge in [0.2, 0.25) is 11.9 Å². The molecule has 0 saturated carbocycles. The maximum Gasteiger partial charge on any atom is 1.00 e. The van der Waals surface area contributed by atoms with Crippen molar-refractivity contribution in [1.82, 2.24) is 44.1 Å². The summed E-state index contributed by atoms with van der Waals surface area (Å²) in [5, 5.41) is 52.2. The zero-order valence-electron chi connectivity index (χ0n) is 50.5. The molecule has 0 saturated heterocycles. The first-order chi connectivity index (χ1) is 42.8. The molecule has 0 aliphatic heterocycles. The first-order valence-corrected chi connectivity index (χ1v) is 29.7. The number of anilines is 3. The van der Waals surface area contributed by atoms with Gasteiger partial charge in [0.1, 0.15) is 28.3 Å². The molecule has 0 radical (unpaired) electrons. The summed E-state index contributed by atoms with van der Waals surface area (Å²) in [4.78, 5) is 47.0. The van der Waals surface area contributed by atoms with Crippen molar-refractivity contribution >= 4 is 82.9 Å². The van der Waals surface area contributed by atoms with Gasteiger partial charge in [-0.2, -0.15) is 0 Å².